The molecule has 0 bridgehead atoms. The molecule has 28 heavy (non-hydrogen) atoms. The predicted octanol–water partition coefficient (Wildman–Crippen LogP) is 4.09. The van der Waals surface area contributed by atoms with Crippen molar-refractivity contribution in [3.8, 4) is 11.4 Å². The van der Waals surface area contributed by atoms with Crippen LogP contribution in [0.1, 0.15) is 37.0 Å². The molecule has 0 aliphatic heterocycles. The van der Waals surface area contributed by atoms with Crippen molar-refractivity contribution in [3.63, 3.8) is 0 Å². The lowest BCUT2D eigenvalue weighted by molar-refractivity contribution is -0.148. The van der Waals surface area contributed by atoms with Crippen LogP contribution in [0.25, 0.3) is 5.69 Å². The molecular weight excluding hydrogens is 380 g/mol. The number of carbonyl (C=O) groups is 1. The van der Waals surface area contributed by atoms with E-state index in [1.54, 1.807) is 10.7 Å². The van der Waals surface area contributed by atoms with E-state index in [9.17, 15) is 4.79 Å². The van der Waals surface area contributed by atoms with Crippen molar-refractivity contribution in [1.29, 1.82) is 0 Å². The summed E-state index contributed by atoms with van der Waals surface area (Å²) in [5.74, 6) is 0.502. The predicted molar refractivity (Wildman–Crippen MR) is 105 cm³/mol. The molecule has 3 rings (SSSR count). The van der Waals surface area contributed by atoms with Gasteiger partial charge in [0.05, 0.1) is 12.3 Å². The van der Waals surface area contributed by atoms with Gasteiger partial charge in [0.2, 0.25) is 0 Å². The molecule has 3 aromatic rings. The minimum absolute atomic E-state index is 0.267. The van der Waals surface area contributed by atoms with Crippen molar-refractivity contribution in [3.05, 3.63) is 64.9 Å². The van der Waals surface area contributed by atoms with E-state index in [2.05, 4.69) is 15.5 Å². The summed E-state index contributed by atoms with van der Waals surface area (Å²) in [5, 5.41) is 11.8. The summed E-state index contributed by atoms with van der Waals surface area (Å²) in [6.07, 6.45) is 1.99. The van der Waals surface area contributed by atoms with Gasteiger partial charge in [-0.3, -0.25) is 4.79 Å². The summed E-state index contributed by atoms with van der Waals surface area (Å²) in [5.41, 5.74) is 2.64. The first-order chi connectivity index (χ1) is 13.5. The molecule has 0 spiro atoms. The van der Waals surface area contributed by atoms with E-state index in [0.717, 1.165) is 22.6 Å². The highest BCUT2D eigenvalue weighted by molar-refractivity contribution is 6.30. The van der Waals surface area contributed by atoms with Gasteiger partial charge in [0.25, 0.3) is 0 Å². The van der Waals surface area contributed by atoms with Crippen LogP contribution in [0.15, 0.2) is 48.8 Å². The number of benzene rings is 2. The Balaban J connectivity index is 1.46. The molecule has 0 N–H and O–H groups in total. The first kappa shape index (κ1) is 19.8. The average Bonchev–Trinajstić information content (AvgIpc) is 3.21. The molecule has 0 amide bonds. The lowest BCUT2D eigenvalue weighted by atomic mass is 10.1. The third kappa shape index (κ3) is 5.29. The van der Waals surface area contributed by atoms with Crippen LogP contribution in [-0.4, -0.2) is 32.8 Å². The minimum Gasteiger partial charge on any atom is -0.493 e. The van der Waals surface area contributed by atoms with Crippen LogP contribution >= 0.6 is 11.6 Å². The first-order valence-electron chi connectivity index (χ1n) is 8.94. The van der Waals surface area contributed by atoms with Gasteiger partial charge in [-0.2, -0.15) is 0 Å². The second kappa shape index (κ2) is 9.32. The number of ether oxygens (including phenoxy) is 2. The molecule has 0 unspecified atom stereocenters. The maximum atomic E-state index is 12.1. The maximum absolute atomic E-state index is 12.1. The number of aromatic nitrogens is 4. The lowest BCUT2D eigenvalue weighted by Crippen LogP contribution is -2.11. The zero-order valence-corrected chi connectivity index (χ0v) is 16.5. The Morgan fingerprint density at radius 3 is 2.86 bits per heavy atom. The molecule has 0 radical (unpaired) electrons. The number of carbonyl (C=O) groups excluding carboxylic acids is 1. The highest BCUT2D eigenvalue weighted by Gasteiger charge is 2.13. The number of halogens is 1. The van der Waals surface area contributed by atoms with E-state index in [1.165, 1.54) is 6.33 Å². The first-order valence-corrected chi connectivity index (χ1v) is 9.32. The fourth-order valence-corrected chi connectivity index (χ4v) is 2.92. The van der Waals surface area contributed by atoms with Gasteiger partial charge in [-0.05, 0) is 72.2 Å². The number of esters is 1. The summed E-state index contributed by atoms with van der Waals surface area (Å²) >= 11 is 5.93. The Labute approximate surface area is 168 Å². The quantitative estimate of drug-likeness (QED) is 0.418. The molecule has 1 aromatic heterocycles. The molecular formula is C20H21ClN4O3. The number of aryl methyl sites for hydroxylation is 1. The number of tetrazole rings is 1. The van der Waals surface area contributed by atoms with Gasteiger partial charge < -0.3 is 9.47 Å². The van der Waals surface area contributed by atoms with Crippen LogP contribution in [0.2, 0.25) is 5.02 Å². The van der Waals surface area contributed by atoms with Crippen LogP contribution in [0.4, 0.5) is 0 Å². The van der Waals surface area contributed by atoms with Gasteiger partial charge in [0.1, 0.15) is 18.2 Å². The molecule has 2 aromatic carbocycles. The van der Waals surface area contributed by atoms with Crippen molar-refractivity contribution in [2.24, 2.45) is 0 Å². The van der Waals surface area contributed by atoms with Gasteiger partial charge in [-0.15, -0.1) is 5.10 Å². The topological polar surface area (TPSA) is 79.1 Å². The third-order valence-corrected chi connectivity index (χ3v) is 4.42. The molecule has 0 aliphatic carbocycles. The van der Waals surface area contributed by atoms with E-state index in [0.29, 0.717) is 18.1 Å². The molecule has 0 aliphatic rings. The van der Waals surface area contributed by atoms with Crippen LogP contribution in [0.5, 0.6) is 5.75 Å². The highest BCUT2D eigenvalue weighted by atomic mass is 35.5. The van der Waals surface area contributed by atoms with E-state index in [-0.39, 0.29) is 18.5 Å². The Hall–Kier alpha value is -2.93. The summed E-state index contributed by atoms with van der Waals surface area (Å²) in [6.45, 7) is 4.20. The SMILES string of the molecule is Cc1cc(Cl)ccc1OCCCC(=O)O[C@H](C)c1cccc(-n2cnnn2)c1. The van der Waals surface area contributed by atoms with E-state index >= 15 is 0 Å². The van der Waals surface area contributed by atoms with Gasteiger partial charge in [0.15, 0.2) is 0 Å². The maximum Gasteiger partial charge on any atom is 0.306 e. The van der Waals surface area contributed by atoms with E-state index < -0.39 is 0 Å². The van der Waals surface area contributed by atoms with Crippen LogP contribution in [0.3, 0.4) is 0 Å². The van der Waals surface area contributed by atoms with E-state index in [4.69, 9.17) is 21.1 Å². The number of nitrogens with zero attached hydrogens (tertiary/aromatic N) is 4. The van der Waals surface area contributed by atoms with Crippen LogP contribution in [-0.2, 0) is 9.53 Å². The second-order valence-electron chi connectivity index (χ2n) is 6.34. The highest BCUT2D eigenvalue weighted by Crippen LogP contribution is 2.23. The zero-order chi connectivity index (χ0) is 19.9. The van der Waals surface area contributed by atoms with Crippen molar-refractivity contribution >= 4 is 17.6 Å². The fraction of sp³-hybridized carbons (Fsp3) is 0.300. The average molecular weight is 401 g/mol. The lowest BCUT2D eigenvalue weighted by Gasteiger charge is -2.15. The number of hydrogen-bond acceptors (Lipinski definition) is 6. The molecule has 0 saturated heterocycles. The normalized spacial score (nSPS) is 11.8. The van der Waals surface area contributed by atoms with Crippen molar-refractivity contribution in [2.45, 2.75) is 32.8 Å². The molecule has 0 fully saturated rings. The minimum atomic E-state index is -0.372. The van der Waals surface area contributed by atoms with Crippen LogP contribution in [0, 0.1) is 6.92 Å². The molecule has 1 heterocycles. The second-order valence-corrected chi connectivity index (χ2v) is 6.78. The number of rotatable bonds is 8. The summed E-state index contributed by atoms with van der Waals surface area (Å²) in [6, 6.07) is 13.0. The van der Waals surface area contributed by atoms with Crippen LogP contribution < -0.4 is 4.74 Å². The zero-order valence-electron chi connectivity index (χ0n) is 15.7. The molecule has 8 heteroatoms. The van der Waals surface area contributed by atoms with Gasteiger partial charge in [0, 0.05) is 11.4 Å². The smallest absolute Gasteiger partial charge is 0.306 e. The molecule has 7 nitrogen and oxygen atoms in total. The van der Waals surface area contributed by atoms with E-state index in [1.807, 2.05) is 50.2 Å². The Morgan fingerprint density at radius 1 is 1.25 bits per heavy atom. The molecule has 1 atom stereocenters. The standard InChI is InChI=1S/C20H21ClN4O3/c1-14-11-17(21)8-9-19(14)27-10-4-7-20(26)28-15(2)16-5-3-6-18(12-16)25-13-22-23-24-25/h3,5-6,8-9,11-13,15H,4,7,10H2,1-2H3/t15-/m1/s1. The van der Waals surface area contributed by atoms with Gasteiger partial charge in [-0.1, -0.05) is 23.7 Å². The fourth-order valence-electron chi connectivity index (χ4n) is 2.70. The van der Waals surface area contributed by atoms with Crippen molar-refractivity contribution < 1.29 is 14.3 Å². The monoisotopic (exact) mass is 400 g/mol. The number of hydrogen-bond donors (Lipinski definition) is 0. The van der Waals surface area contributed by atoms with Gasteiger partial charge >= 0.3 is 5.97 Å². The summed E-state index contributed by atoms with van der Waals surface area (Å²) < 4.78 is 12.8. The van der Waals surface area contributed by atoms with Crippen molar-refractivity contribution in [2.75, 3.05) is 6.61 Å². The Kier molecular flexibility index (Phi) is 6.60. The van der Waals surface area contributed by atoms with Crippen molar-refractivity contribution in [1.82, 2.24) is 20.2 Å². The summed E-state index contributed by atoms with van der Waals surface area (Å²) in [4.78, 5) is 12.1. The third-order valence-electron chi connectivity index (χ3n) is 4.18. The Morgan fingerprint density at radius 2 is 2.11 bits per heavy atom. The van der Waals surface area contributed by atoms with Gasteiger partial charge in [-0.25, -0.2) is 4.68 Å². The Bertz CT molecular complexity index is 931. The largest absolute Gasteiger partial charge is 0.493 e. The molecule has 146 valence electrons. The summed E-state index contributed by atoms with van der Waals surface area (Å²) in [7, 11) is 0. The molecule has 0 saturated carbocycles.